The Hall–Kier alpha value is -0.660. The number of aliphatic hydroxyl groups excluding tert-OH is 1. The van der Waals surface area contributed by atoms with Crippen molar-refractivity contribution in [3.63, 3.8) is 0 Å². The summed E-state index contributed by atoms with van der Waals surface area (Å²) in [4.78, 5) is 11.6. The highest BCUT2D eigenvalue weighted by Crippen LogP contribution is 2.14. The average Bonchev–Trinajstić information content (AvgIpc) is 2.16. The fraction of sp³-hybridized carbons (Fsp3) is 0.900. The van der Waals surface area contributed by atoms with Crippen LogP contribution in [0.15, 0.2) is 0 Å². The van der Waals surface area contributed by atoms with Gasteiger partial charge in [0.05, 0.1) is 12.7 Å². The molecule has 102 valence electrons. The van der Waals surface area contributed by atoms with Gasteiger partial charge in [-0.1, -0.05) is 0 Å². The summed E-state index contributed by atoms with van der Waals surface area (Å²) in [5, 5.41) is 11.8. The lowest BCUT2D eigenvalue weighted by Crippen LogP contribution is -2.48. The standard InChI is InChI=1S/C10H21NO5S/c1-10(2,17(4,14)15)9(13)11-6-5-8(12)7-16-3/h8,12H,5-7H2,1-4H3,(H,11,13). The molecule has 0 aliphatic carbocycles. The van der Waals surface area contributed by atoms with E-state index in [1.165, 1.54) is 21.0 Å². The summed E-state index contributed by atoms with van der Waals surface area (Å²) >= 11 is 0. The molecule has 0 rings (SSSR count). The molecular formula is C10H21NO5S. The van der Waals surface area contributed by atoms with Gasteiger partial charge in [-0.3, -0.25) is 4.79 Å². The van der Waals surface area contributed by atoms with Crippen molar-refractivity contribution >= 4 is 15.7 Å². The van der Waals surface area contributed by atoms with E-state index < -0.39 is 26.6 Å². The second-order valence-corrected chi connectivity index (χ2v) is 7.00. The summed E-state index contributed by atoms with van der Waals surface area (Å²) in [6.45, 7) is 3.10. The van der Waals surface area contributed by atoms with E-state index >= 15 is 0 Å². The van der Waals surface area contributed by atoms with E-state index in [1.807, 2.05) is 0 Å². The SMILES string of the molecule is COCC(O)CCNC(=O)C(C)(C)S(C)(=O)=O. The maximum absolute atomic E-state index is 11.6. The summed E-state index contributed by atoms with van der Waals surface area (Å²) in [5.74, 6) is -0.565. The molecule has 0 radical (unpaired) electrons. The van der Waals surface area contributed by atoms with Gasteiger partial charge in [-0.2, -0.15) is 0 Å². The third-order valence-corrected chi connectivity index (χ3v) is 4.64. The third-order valence-electron chi connectivity index (χ3n) is 2.60. The number of carbonyl (C=O) groups is 1. The summed E-state index contributed by atoms with van der Waals surface area (Å²) in [7, 11) is -1.99. The van der Waals surface area contributed by atoms with Gasteiger partial charge in [0.15, 0.2) is 9.84 Å². The predicted octanol–water partition coefficient (Wildman–Crippen LogP) is -0.677. The fourth-order valence-corrected chi connectivity index (χ4v) is 1.42. The fourth-order valence-electron chi connectivity index (χ4n) is 1.01. The van der Waals surface area contributed by atoms with Crippen LogP contribution in [0.25, 0.3) is 0 Å². The van der Waals surface area contributed by atoms with Gasteiger partial charge in [-0.05, 0) is 20.3 Å². The first kappa shape index (κ1) is 16.3. The second kappa shape index (κ2) is 6.32. The summed E-state index contributed by atoms with van der Waals surface area (Å²) < 4.78 is 26.0. The van der Waals surface area contributed by atoms with Gasteiger partial charge in [0.2, 0.25) is 5.91 Å². The molecule has 1 amide bonds. The summed E-state index contributed by atoms with van der Waals surface area (Å²) in [6, 6.07) is 0. The Kier molecular flexibility index (Phi) is 6.08. The average molecular weight is 267 g/mol. The molecule has 0 spiro atoms. The monoisotopic (exact) mass is 267 g/mol. The molecular weight excluding hydrogens is 246 g/mol. The highest BCUT2D eigenvalue weighted by Gasteiger charge is 2.38. The number of carbonyl (C=O) groups excluding carboxylic acids is 1. The molecule has 0 aliphatic heterocycles. The second-order valence-electron chi connectivity index (χ2n) is 4.44. The summed E-state index contributed by atoms with van der Waals surface area (Å²) in [5.41, 5.74) is 0. The Labute approximate surface area is 102 Å². The molecule has 6 nitrogen and oxygen atoms in total. The molecule has 7 heteroatoms. The molecule has 0 aromatic carbocycles. The van der Waals surface area contributed by atoms with E-state index in [0.717, 1.165) is 6.26 Å². The van der Waals surface area contributed by atoms with Crippen molar-refractivity contribution in [1.29, 1.82) is 0 Å². The Morgan fingerprint density at radius 2 is 2.00 bits per heavy atom. The van der Waals surface area contributed by atoms with Crippen LogP contribution in [0, 0.1) is 0 Å². The normalized spacial score (nSPS) is 14.4. The van der Waals surface area contributed by atoms with Gasteiger partial charge in [0, 0.05) is 19.9 Å². The number of sulfone groups is 1. The van der Waals surface area contributed by atoms with Gasteiger partial charge >= 0.3 is 0 Å². The van der Waals surface area contributed by atoms with E-state index in [0.29, 0.717) is 6.42 Å². The lowest BCUT2D eigenvalue weighted by Gasteiger charge is -2.21. The Morgan fingerprint density at radius 3 is 2.41 bits per heavy atom. The zero-order chi connectivity index (χ0) is 13.7. The van der Waals surface area contributed by atoms with E-state index in [2.05, 4.69) is 5.32 Å². The third kappa shape index (κ3) is 5.01. The van der Waals surface area contributed by atoms with Gasteiger partial charge in [-0.25, -0.2) is 8.42 Å². The van der Waals surface area contributed by atoms with Gasteiger partial charge in [0.1, 0.15) is 4.75 Å². The van der Waals surface area contributed by atoms with Crippen LogP contribution in [0.3, 0.4) is 0 Å². The maximum atomic E-state index is 11.6. The summed E-state index contributed by atoms with van der Waals surface area (Å²) in [6.07, 6.45) is 0.674. The molecule has 1 atom stereocenters. The molecule has 0 fully saturated rings. The van der Waals surface area contributed by atoms with Crippen LogP contribution >= 0.6 is 0 Å². The lowest BCUT2D eigenvalue weighted by molar-refractivity contribution is -0.122. The van der Waals surface area contributed by atoms with Crippen LogP contribution < -0.4 is 5.32 Å². The number of aliphatic hydroxyl groups is 1. The van der Waals surface area contributed by atoms with Crippen LogP contribution in [-0.2, 0) is 19.4 Å². The molecule has 0 heterocycles. The molecule has 0 aromatic heterocycles. The molecule has 1 unspecified atom stereocenters. The van der Waals surface area contributed by atoms with E-state index in [4.69, 9.17) is 4.74 Å². The number of nitrogens with one attached hydrogen (secondary N) is 1. The van der Waals surface area contributed by atoms with Crippen LogP contribution in [0.2, 0.25) is 0 Å². The number of ether oxygens (including phenoxy) is 1. The molecule has 0 bridgehead atoms. The Balaban J connectivity index is 4.21. The number of amides is 1. The quantitative estimate of drug-likeness (QED) is 0.638. The smallest absolute Gasteiger partial charge is 0.240 e. The van der Waals surface area contributed by atoms with Gasteiger partial charge in [0.25, 0.3) is 0 Å². The predicted molar refractivity (Wildman–Crippen MR) is 64.4 cm³/mol. The Morgan fingerprint density at radius 1 is 1.47 bits per heavy atom. The number of hydrogen-bond acceptors (Lipinski definition) is 5. The van der Waals surface area contributed by atoms with Crippen molar-refractivity contribution in [2.75, 3.05) is 26.5 Å². The van der Waals surface area contributed by atoms with Crippen molar-refractivity contribution in [1.82, 2.24) is 5.32 Å². The molecule has 17 heavy (non-hydrogen) atoms. The van der Waals surface area contributed by atoms with E-state index in [-0.39, 0.29) is 13.2 Å². The van der Waals surface area contributed by atoms with Gasteiger partial charge in [-0.15, -0.1) is 0 Å². The van der Waals surface area contributed by atoms with Crippen LogP contribution in [0.5, 0.6) is 0 Å². The first-order valence-corrected chi connectivity index (χ1v) is 7.17. The number of methoxy groups -OCH3 is 1. The van der Waals surface area contributed by atoms with Gasteiger partial charge < -0.3 is 15.2 Å². The highest BCUT2D eigenvalue weighted by atomic mass is 32.2. The van der Waals surface area contributed by atoms with Crippen molar-refractivity contribution in [3.05, 3.63) is 0 Å². The molecule has 2 N–H and O–H groups in total. The molecule has 0 saturated carbocycles. The minimum absolute atomic E-state index is 0.186. The number of hydrogen-bond donors (Lipinski definition) is 2. The minimum atomic E-state index is -3.46. The van der Waals surface area contributed by atoms with E-state index in [9.17, 15) is 18.3 Å². The lowest BCUT2D eigenvalue weighted by atomic mass is 10.2. The van der Waals surface area contributed by atoms with Crippen LogP contribution in [0.4, 0.5) is 0 Å². The van der Waals surface area contributed by atoms with Crippen LogP contribution in [-0.4, -0.2) is 56.8 Å². The molecule has 0 saturated heterocycles. The molecule has 0 aromatic rings. The topological polar surface area (TPSA) is 92.7 Å². The van der Waals surface area contributed by atoms with Crippen LogP contribution in [0.1, 0.15) is 20.3 Å². The molecule has 0 aliphatic rings. The minimum Gasteiger partial charge on any atom is -0.391 e. The zero-order valence-corrected chi connectivity index (χ0v) is 11.5. The first-order chi connectivity index (χ1) is 7.63. The number of rotatable bonds is 7. The first-order valence-electron chi connectivity index (χ1n) is 5.28. The maximum Gasteiger partial charge on any atom is 0.240 e. The van der Waals surface area contributed by atoms with E-state index in [1.54, 1.807) is 0 Å². The van der Waals surface area contributed by atoms with Crippen molar-refractivity contribution < 1.29 is 23.1 Å². The van der Waals surface area contributed by atoms with Crippen molar-refractivity contribution in [3.8, 4) is 0 Å². The zero-order valence-electron chi connectivity index (χ0n) is 10.7. The van der Waals surface area contributed by atoms with Crippen molar-refractivity contribution in [2.24, 2.45) is 0 Å². The highest BCUT2D eigenvalue weighted by molar-refractivity contribution is 7.92. The van der Waals surface area contributed by atoms with Crippen molar-refractivity contribution in [2.45, 2.75) is 31.1 Å². The largest absolute Gasteiger partial charge is 0.391 e. The Bertz CT molecular complexity index is 350.